The quantitative estimate of drug-likeness (QED) is 0.724. The van der Waals surface area contributed by atoms with Gasteiger partial charge in [0.1, 0.15) is 6.04 Å². The molecule has 1 aromatic carbocycles. The number of carboxylic acids is 1. The SMILES string of the molecule is CCC(Sc1ccccc1)C(=O)NC(CC(F)F)C(=O)O. The van der Waals surface area contributed by atoms with Crippen molar-refractivity contribution < 1.29 is 23.5 Å². The van der Waals surface area contributed by atoms with Gasteiger partial charge in [-0.15, -0.1) is 11.8 Å². The summed E-state index contributed by atoms with van der Waals surface area (Å²) in [7, 11) is 0. The molecule has 0 radical (unpaired) electrons. The van der Waals surface area contributed by atoms with Gasteiger partial charge in [0.25, 0.3) is 0 Å². The minimum atomic E-state index is -2.78. The normalized spacial score (nSPS) is 13.7. The zero-order valence-electron chi connectivity index (χ0n) is 11.5. The third kappa shape index (κ3) is 6.12. The fourth-order valence-corrected chi connectivity index (χ4v) is 2.63. The van der Waals surface area contributed by atoms with Crippen molar-refractivity contribution in [2.75, 3.05) is 0 Å². The van der Waals surface area contributed by atoms with E-state index in [2.05, 4.69) is 5.32 Å². The smallest absolute Gasteiger partial charge is 0.326 e. The van der Waals surface area contributed by atoms with E-state index in [0.29, 0.717) is 6.42 Å². The second kappa shape index (κ2) is 8.61. The molecular formula is C14H17F2NO3S. The molecule has 0 heterocycles. The van der Waals surface area contributed by atoms with Crippen molar-refractivity contribution in [1.29, 1.82) is 0 Å². The number of thioether (sulfide) groups is 1. The van der Waals surface area contributed by atoms with Gasteiger partial charge in [0.2, 0.25) is 12.3 Å². The number of carboxylic acid groups (broad SMARTS) is 1. The zero-order valence-corrected chi connectivity index (χ0v) is 12.3. The average Bonchev–Trinajstić information content (AvgIpc) is 2.44. The zero-order chi connectivity index (χ0) is 15.8. The molecule has 7 heteroatoms. The molecule has 0 saturated carbocycles. The highest BCUT2D eigenvalue weighted by Crippen LogP contribution is 2.25. The Bertz CT molecular complexity index is 471. The lowest BCUT2D eigenvalue weighted by atomic mass is 10.2. The van der Waals surface area contributed by atoms with E-state index in [1.54, 1.807) is 6.92 Å². The van der Waals surface area contributed by atoms with Crippen LogP contribution in [-0.2, 0) is 9.59 Å². The first-order valence-corrected chi connectivity index (χ1v) is 7.35. The van der Waals surface area contributed by atoms with Gasteiger partial charge in [0, 0.05) is 11.3 Å². The Balaban J connectivity index is 2.67. The first-order chi connectivity index (χ1) is 9.93. The van der Waals surface area contributed by atoms with Crippen molar-refractivity contribution in [2.45, 2.75) is 42.4 Å². The van der Waals surface area contributed by atoms with E-state index in [9.17, 15) is 18.4 Å². The monoisotopic (exact) mass is 317 g/mol. The van der Waals surface area contributed by atoms with Crippen molar-refractivity contribution in [1.82, 2.24) is 5.32 Å². The number of aliphatic carboxylic acids is 1. The Morgan fingerprint density at radius 2 is 1.90 bits per heavy atom. The molecule has 0 aliphatic rings. The molecule has 1 aromatic rings. The van der Waals surface area contributed by atoms with E-state index in [1.807, 2.05) is 30.3 Å². The van der Waals surface area contributed by atoms with Crippen LogP contribution in [0, 0.1) is 0 Å². The molecule has 116 valence electrons. The number of benzene rings is 1. The number of carbonyl (C=O) groups excluding carboxylic acids is 1. The van der Waals surface area contributed by atoms with Gasteiger partial charge in [-0.05, 0) is 18.6 Å². The molecule has 2 unspecified atom stereocenters. The summed E-state index contributed by atoms with van der Waals surface area (Å²) in [5, 5.41) is 10.5. The highest BCUT2D eigenvalue weighted by molar-refractivity contribution is 8.00. The molecule has 1 rings (SSSR count). The Labute approximate surface area is 125 Å². The van der Waals surface area contributed by atoms with E-state index in [1.165, 1.54) is 11.8 Å². The van der Waals surface area contributed by atoms with Crippen LogP contribution in [0.2, 0.25) is 0 Å². The van der Waals surface area contributed by atoms with Gasteiger partial charge in [0.05, 0.1) is 5.25 Å². The van der Waals surface area contributed by atoms with Crippen LogP contribution in [0.5, 0.6) is 0 Å². The van der Waals surface area contributed by atoms with E-state index in [-0.39, 0.29) is 0 Å². The number of rotatable bonds is 8. The first kappa shape index (κ1) is 17.4. The average molecular weight is 317 g/mol. The van der Waals surface area contributed by atoms with Gasteiger partial charge in [-0.1, -0.05) is 25.1 Å². The van der Waals surface area contributed by atoms with E-state index in [0.717, 1.165) is 4.90 Å². The van der Waals surface area contributed by atoms with Crippen LogP contribution in [0.3, 0.4) is 0 Å². The Morgan fingerprint density at radius 3 is 2.38 bits per heavy atom. The summed E-state index contributed by atoms with van der Waals surface area (Å²) in [6, 6.07) is 7.58. The molecule has 0 aliphatic carbocycles. The highest BCUT2D eigenvalue weighted by atomic mass is 32.2. The van der Waals surface area contributed by atoms with Crippen LogP contribution in [-0.4, -0.2) is 34.7 Å². The van der Waals surface area contributed by atoms with Gasteiger partial charge in [0.15, 0.2) is 0 Å². The summed E-state index contributed by atoms with van der Waals surface area (Å²) in [6.07, 6.45) is -3.21. The lowest BCUT2D eigenvalue weighted by Crippen LogP contribution is -2.45. The second-order valence-corrected chi connectivity index (χ2v) is 5.63. The molecule has 0 aliphatic heterocycles. The summed E-state index contributed by atoms with van der Waals surface area (Å²) >= 11 is 1.28. The van der Waals surface area contributed by atoms with Crippen LogP contribution >= 0.6 is 11.8 Å². The maximum Gasteiger partial charge on any atom is 0.326 e. The molecule has 0 bridgehead atoms. The molecule has 1 amide bonds. The molecule has 21 heavy (non-hydrogen) atoms. The van der Waals surface area contributed by atoms with Crippen LogP contribution in [0.15, 0.2) is 35.2 Å². The third-order valence-electron chi connectivity index (χ3n) is 2.71. The molecule has 0 saturated heterocycles. The molecule has 2 atom stereocenters. The third-order valence-corrected chi connectivity index (χ3v) is 4.09. The van der Waals surface area contributed by atoms with Crippen LogP contribution in [0.25, 0.3) is 0 Å². The summed E-state index contributed by atoms with van der Waals surface area (Å²) in [5.41, 5.74) is 0. The van der Waals surface area contributed by atoms with Gasteiger partial charge < -0.3 is 10.4 Å². The Kier molecular flexibility index (Phi) is 7.14. The first-order valence-electron chi connectivity index (χ1n) is 6.47. The van der Waals surface area contributed by atoms with Crippen molar-refractivity contribution in [2.24, 2.45) is 0 Å². The van der Waals surface area contributed by atoms with Gasteiger partial charge in [-0.3, -0.25) is 4.79 Å². The number of amides is 1. The van der Waals surface area contributed by atoms with Crippen LogP contribution in [0.1, 0.15) is 19.8 Å². The topological polar surface area (TPSA) is 66.4 Å². The van der Waals surface area contributed by atoms with E-state index < -0.39 is 36.0 Å². The van der Waals surface area contributed by atoms with E-state index >= 15 is 0 Å². The highest BCUT2D eigenvalue weighted by Gasteiger charge is 2.27. The van der Waals surface area contributed by atoms with Crippen LogP contribution in [0.4, 0.5) is 8.78 Å². The lowest BCUT2D eigenvalue weighted by molar-refractivity contribution is -0.142. The Hall–Kier alpha value is -1.63. The second-order valence-electron chi connectivity index (χ2n) is 4.35. The maximum absolute atomic E-state index is 12.3. The van der Waals surface area contributed by atoms with Crippen molar-refractivity contribution >= 4 is 23.6 Å². The number of hydrogen-bond donors (Lipinski definition) is 2. The number of alkyl halides is 2. The molecule has 0 spiro atoms. The molecular weight excluding hydrogens is 300 g/mol. The summed E-state index contributed by atoms with van der Waals surface area (Å²) < 4.78 is 24.6. The molecule has 4 nitrogen and oxygen atoms in total. The number of carbonyl (C=O) groups is 2. The van der Waals surface area contributed by atoms with Crippen molar-refractivity contribution in [3.8, 4) is 0 Å². The molecule has 0 aromatic heterocycles. The standard InChI is InChI=1S/C14H17F2NO3S/c1-2-11(21-9-6-4-3-5-7-9)13(18)17-10(14(19)20)8-12(15)16/h3-7,10-12H,2,8H2,1H3,(H,17,18)(H,19,20). The number of nitrogens with one attached hydrogen (secondary N) is 1. The van der Waals surface area contributed by atoms with Gasteiger partial charge in [-0.2, -0.15) is 0 Å². The predicted molar refractivity (Wildman–Crippen MR) is 76.6 cm³/mol. The Morgan fingerprint density at radius 1 is 1.29 bits per heavy atom. The molecule has 0 fully saturated rings. The summed E-state index contributed by atoms with van der Waals surface area (Å²) in [6.45, 7) is 1.78. The fourth-order valence-electron chi connectivity index (χ4n) is 1.65. The van der Waals surface area contributed by atoms with Gasteiger partial charge >= 0.3 is 5.97 Å². The van der Waals surface area contributed by atoms with E-state index in [4.69, 9.17) is 5.11 Å². The lowest BCUT2D eigenvalue weighted by Gasteiger charge is -2.19. The minimum Gasteiger partial charge on any atom is -0.480 e. The van der Waals surface area contributed by atoms with Crippen molar-refractivity contribution in [3.05, 3.63) is 30.3 Å². The fraction of sp³-hybridized carbons (Fsp3) is 0.429. The maximum atomic E-state index is 12.3. The van der Waals surface area contributed by atoms with Crippen molar-refractivity contribution in [3.63, 3.8) is 0 Å². The summed E-state index contributed by atoms with van der Waals surface area (Å²) in [5.74, 6) is -2.00. The van der Waals surface area contributed by atoms with Gasteiger partial charge in [-0.25, -0.2) is 13.6 Å². The predicted octanol–water partition coefficient (Wildman–Crippen LogP) is 2.78. The van der Waals surface area contributed by atoms with Crippen LogP contribution < -0.4 is 5.32 Å². The number of halogens is 2. The number of hydrogen-bond acceptors (Lipinski definition) is 3. The minimum absolute atomic E-state index is 0.465. The largest absolute Gasteiger partial charge is 0.480 e. The molecule has 2 N–H and O–H groups in total. The summed E-state index contributed by atoms with van der Waals surface area (Å²) in [4.78, 5) is 23.8.